The monoisotopic (exact) mass is 611 g/mol. The van der Waals surface area contributed by atoms with Crippen molar-refractivity contribution >= 4 is 41.5 Å². The van der Waals surface area contributed by atoms with E-state index in [0.717, 1.165) is 16.4 Å². The van der Waals surface area contributed by atoms with E-state index in [1.54, 1.807) is 45.0 Å². The number of aromatic nitrogens is 3. The van der Waals surface area contributed by atoms with Crippen LogP contribution in [0.1, 0.15) is 60.3 Å². The fraction of sp³-hybridized carbons (Fsp3) is 0.452. The largest absolute Gasteiger partial charge is 0.459 e. The fourth-order valence-electron chi connectivity index (χ4n) is 4.64. The highest BCUT2D eigenvalue weighted by atomic mass is 31.2. The number of anilines is 1. The Balaban J connectivity index is 1.71. The molecule has 0 spiro atoms. The van der Waals surface area contributed by atoms with Crippen molar-refractivity contribution in [1.29, 1.82) is 0 Å². The third-order valence-corrected chi connectivity index (χ3v) is 8.12. The molecule has 4 rings (SSSR count). The molecular formula is C31H42N5O6P. The predicted molar refractivity (Wildman–Crippen MR) is 168 cm³/mol. The summed E-state index contributed by atoms with van der Waals surface area (Å²) in [5.41, 5.74) is 7.65. The molecular weight excluding hydrogens is 569 g/mol. The van der Waals surface area contributed by atoms with Gasteiger partial charge in [-0.25, -0.2) is 14.5 Å². The van der Waals surface area contributed by atoms with Crippen LogP contribution in [0.3, 0.4) is 0 Å². The Morgan fingerprint density at radius 1 is 1.05 bits per heavy atom. The van der Waals surface area contributed by atoms with Crippen LogP contribution >= 0.6 is 7.75 Å². The normalized spacial score (nSPS) is 15.0. The third kappa shape index (κ3) is 7.92. The molecule has 12 heteroatoms. The van der Waals surface area contributed by atoms with Gasteiger partial charge in [0.05, 0.1) is 23.7 Å². The molecule has 4 aromatic rings. The Labute approximate surface area is 252 Å². The van der Waals surface area contributed by atoms with E-state index in [1.807, 2.05) is 62.6 Å². The van der Waals surface area contributed by atoms with Crippen molar-refractivity contribution in [2.75, 3.05) is 18.9 Å². The van der Waals surface area contributed by atoms with E-state index in [4.69, 9.17) is 29.2 Å². The first-order valence-corrected chi connectivity index (χ1v) is 16.0. The SMILES string of the molecule is CCOCc1nc2c(N)nc3ccccc3c2n1[C@H](C)COP(=O)(N[C@H](C(=O)OC(C)(C)C)C(C)C)Oc1ccccc1. The number of hydrogen-bond acceptors (Lipinski definition) is 9. The van der Waals surface area contributed by atoms with Gasteiger partial charge in [0, 0.05) is 12.0 Å². The minimum Gasteiger partial charge on any atom is -0.459 e. The maximum Gasteiger partial charge on any atom is 0.459 e. The number of nitrogens with zero attached hydrogens (tertiary/aromatic N) is 3. The molecule has 0 saturated carbocycles. The molecule has 2 heterocycles. The van der Waals surface area contributed by atoms with Crippen LogP contribution in [0.4, 0.5) is 5.82 Å². The quantitative estimate of drug-likeness (QED) is 0.128. The Morgan fingerprint density at radius 2 is 1.72 bits per heavy atom. The minimum atomic E-state index is -4.13. The second-order valence-electron chi connectivity index (χ2n) is 11.7. The lowest BCUT2D eigenvalue weighted by atomic mass is 10.1. The number of ether oxygens (including phenoxy) is 2. The van der Waals surface area contributed by atoms with Crippen molar-refractivity contribution in [1.82, 2.24) is 19.6 Å². The number of carbonyl (C=O) groups excluding carboxylic acids is 1. The highest BCUT2D eigenvalue weighted by Crippen LogP contribution is 2.46. The van der Waals surface area contributed by atoms with Crippen LogP contribution in [-0.2, 0) is 30.0 Å². The Hall–Kier alpha value is -3.50. The predicted octanol–water partition coefficient (Wildman–Crippen LogP) is 6.42. The number of hydrogen-bond donors (Lipinski definition) is 2. The maximum atomic E-state index is 14.4. The third-order valence-electron chi connectivity index (χ3n) is 6.58. The van der Waals surface area contributed by atoms with Gasteiger partial charge in [0.15, 0.2) is 5.82 Å². The van der Waals surface area contributed by atoms with Gasteiger partial charge in [-0.05, 0) is 58.7 Å². The zero-order chi connectivity index (χ0) is 31.4. The number of carbonyl (C=O) groups is 1. The number of nitrogens with two attached hydrogens (primary N) is 1. The molecule has 2 aromatic heterocycles. The summed E-state index contributed by atoms with van der Waals surface area (Å²) in [5, 5.41) is 3.74. The molecule has 0 amide bonds. The van der Waals surface area contributed by atoms with Crippen LogP contribution in [0, 0.1) is 5.92 Å². The molecule has 0 aliphatic heterocycles. The lowest BCUT2D eigenvalue weighted by Gasteiger charge is -2.30. The topological polar surface area (TPSA) is 140 Å². The lowest BCUT2D eigenvalue weighted by molar-refractivity contribution is -0.158. The first-order chi connectivity index (χ1) is 20.3. The molecule has 0 fully saturated rings. The summed E-state index contributed by atoms with van der Waals surface area (Å²) < 4.78 is 39.8. The summed E-state index contributed by atoms with van der Waals surface area (Å²) in [6, 6.07) is 15.0. The van der Waals surface area contributed by atoms with Gasteiger partial charge in [-0.2, -0.15) is 5.09 Å². The van der Waals surface area contributed by atoms with E-state index < -0.39 is 31.4 Å². The van der Waals surface area contributed by atoms with Gasteiger partial charge >= 0.3 is 13.7 Å². The molecule has 0 aliphatic rings. The van der Waals surface area contributed by atoms with Crippen LogP contribution in [0.2, 0.25) is 0 Å². The van der Waals surface area contributed by atoms with Crippen LogP contribution in [0.5, 0.6) is 5.75 Å². The maximum absolute atomic E-state index is 14.4. The molecule has 232 valence electrons. The van der Waals surface area contributed by atoms with Crippen LogP contribution < -0.4 is 15.3 Å². The number of fused-ring (bicyclic) bond motifs is 3. The van der Waals surface area contributed by atoms with Gasteiger partial charge in [0.1, 0.15) is 35.3 Å². The Bertz CT molecular complexity index is 1600. The summed E-state index contributed by atoms with van der Waals surface area (Å²) in [7, 11) is -4.13. The first kappa shape index (κ1) is 32.4. The number of imidazole rings is 1. The zero-order valence-electron chi connectivity index (χ0n) is 25.9. The second kappa shape index (κ2) is 13.4. The highest BCUT2D eigenvalue weighted by Gasteiger charge is 2.38. The van der Waals surface area contributed by atoms with E-state index >= 15 is 0 Å². The van der Waals surface area contributed by atoms with Crippen molar-refractivity contribution in [2.45, 2.75) is 72.8 Å². The van der Waals surface area contributed by atoms with Crippen molar-refractivity contribution < 1.29 is 27.9 Å². The summed E-state index contributed by atoms with van der Waals surface area (Å²) in [5.74, 6) is 0.423. The number of benzene rings is 2. The van der Waals surface area contributed by atoms with Gasteiger partial charge in [-0.15, -0.1) is 0 Å². The van der Waals surface area contributed by atoms with Gasteiger partial charge in [0.25, 0.3) is 0 Å². The number of rotatable bonds is 13. The van der Waals surface area contributed by atoms with E-state index in [2.05, 4.69) is 10.1 Å². The molecule has 3 N–H and O–H groups in total. The van der Waals surface area contributed by atoms with Gasteiger partial charge in [0.2, 0.25) is 0 Å². The van der Waals surface area contributed by atoms with Gasteiger partial charge in [-0.1, -0.05) is 50.2 Å². The average molecular weight is 612 g/mol. The molecule has 0 aliphatic carbocycles. The molecule has 0 saturated heterocycles. The van der Waals surface area contributed by atoms with E-state index in [1.165, 1.54) is 0 Å². The van der Waals surface area contributed by atoms with Crippen molar-refractivity contribution in [3.05, 3.63) is 60.4 Å². The summed E-state index contributed by atoms with van der Waals surface area (Å²) in [6.45, 7) is 13.5. The minimum absolute atomic E-state index is 0.0582. The second-order valence-corrected chi connectivity index (χ2v) is 13.4. The molecule has 2 aromatic carbocycles. The van der Waals surface area contributed by atoms with Crippen LogP contribution in [0.25, 0.3) is 21.9 Å². The highest BCUT2D eigenvalue weighted by molar-refractivity contribution is 7.52. The first-order valence-electron chi connectivity index (χ1n) is 14.4. The number of nitrogen functional groups attached to an aromatic ring is 1. The number of esters is 1. The summed E-state index contributed by atoms with van der Waals surface area (Å²) in [4.78, 5) is 22.5. The zero-order valence-corrected chi connectivity index (χ0v) is 26.8. The van der Waals surface area contributed by atoms with E-state index in [9.17, 15) is 9.36 Å². The summed E-state index contributed by atoms with van der Waals surface area (Å²) >= 11 is 0. The lowest BCUT2D eigenvalue weighted by Crippen LogP contribution is -2.44. The molecule has 0 radical (unpaired) electrons. The average Bonchev–Trinajstić information content (AvgIpc) is 3.33. The summed E-state index contributed by atoms with van der Waals surface area (Å²) in [6.07, 6.45) is 0. The van der Waals surface area contributed by atoms with Crippen LogP contribution in [0.15, 0.2) is 54.6 Å². The number of para-hydroxylation sites is 2. The number of nitrogens with one attached hydrogen (secondary N) is 1. The molecule has 1 unspecified atom stereocenters. The molecule has 11 nitrogen and oxygen atoms in total. The van der Waals surface area contributed by atoms with Crippen LogP contribution in [-0.4, -0.2) is 45.4 Å². The Morgan fingerprint density at radius 3 is 2.37 bits per heavy atom. The van der Waals surface area contributed by atoms with Crippen molar-refractivity contribution in [3.63, 3.8) is 0 Å². The van der Waals surface area contributed by atoms with Gasteiger partial charge in [-0.3, -0.25) is 9.32 Å². The Kier molecular flexibility index (Phi) is 10.1. The van der Waals surface area contributed by atoms with E-state index in [0.29, 0.717) is 29.5 Å². The van der Waals surface area contributed by atoms with Crippen molar-refractivity contribution in [3.8, 4) is 5.75 Å². The molecule has 0 bridgehead atoms. The number of pyridine rings is 1. The fourth-order valence-corrected chi connectivity index (χ4v) is 6.37. The molecule has 43 heavy (non-hydrogen) atoms. The van der Waals surface area contributed by atoms with Crippen molar-refractivity contribution in [2.24, 2.45) is 5.92 Å². The smallest absolute Gasteiger partial charge is 0.459 e. The molecule has 3 atom stereocenters. The van der Waals surface area contributed by atoms with Gasteiger partial charge < -0.3 is 24.3 Å². The van der Waals surface area contributed by atoms with E-state index in [-0.39, 0.29) is 19.1 Å². The standard InChI is InChI=1S/C31H42N5O6P/c1-8-39-19-25-34-27-28(23-16-12-13-17-24(23)33-29(27)32)36(25)21(4)18-40-43(38,42-22-14-10-9-11-15-22)35-26(20(2)3)30(37)41-31(5,6)7/h9-17,20-21,26H,8,18-19H2,1-7H3,(H2,32,33)(H,35,38)/t21-,26+,43?/m1/s1.